The molecule has 0 heterocycles. The summed E-state index contributed by atoms with van der Waals surface area (Å²) in [6.45, 7) is 2.25. The van der Waals surface area contributed by atoms with Crippen LogP contribution in [0.3, 0.4) is 0 Å². The van der Waals surface area contributed by atoms with E-state index in [1.807, 2.05) is 0 Å². The van der Waals surface area contributed by atoms with E-state index in [0.717, 1.165) is 12.2 Å². The van der Waals surface area contributed by atoms with Gasteiger partial charge in [-0.25, -0.2) is 0 Å². The van der Waals surface area contributed by atoms with E-state index in [1.165, 1.54) is 44.9 Å². The quantitative estimate of drug-likeness (QED) is 0.483. The molecule has 0 radical (unpaired) electrons. The van der Waals surface area contributed by atoms with Crippen LogP contribution >= 0.6 is 10.9 Å². The van der Waals surface area contributed by atoms with Gasteiger partial charge in [0.1, 0.15) is 0 Å². The lowest BCUT2D eigenvalue weighted by atomic mass is 10.1. The molecule has 0 aromatic carbocycles. The van der Waals surface area contributed by atoms with E-state index in [1.54, 1.807) is 21.3 Å². The molecule has 0 saturated carbocycles. The lowest BCUT2D eigenvalue weighted by Crippen LogP contribution is -2.11. The smallest absolute Gasteiger partial charge is 0.0879 e. The molecule has 0 atom stereocenters. The van der Waals surface area contributed by atoms with Gasteiger partial charge in [0.05, 0.1) is 32.2 Å². The van der Waals surface area contributed by atoms with E-state index in [4.69, 9.17) is 12.5 Å². The molecular formula is C13H30O3S. The van der Waals surface area contributed by atoms with E-state index in [9.17, 15) is 0 Å². The Morgan fingerprint density at radius 3 is 1.47 bits per heavy atom. The van der Waals surface area contributed by atoms with Crippen molar-refractivity contribution in [2.75, 3.05) is 27.1 Å². The van der Waals surface area contributed by atoms with Crippen LogP contribution in [-0.4, -0.2) is 27.1 Å². The lowest BCUT2D eigenvalue weighted by molar-refractivity contribution is 0.247. The lowest BCUT2D eigenvalue weighted by Gasteiger charge is -2.33. The maximum Gasteiger partial charge on any atom is 0.0879 e. The summed E-state index contributed by atoms with van der Waals surface area (Å²) < 4.78 is 16.0. The topological polar surface area (TPSA) is 27.7 Å². The first kappa shape index (κ1) is 17.2. The molecule has 3 nitrogen and oxygen atoms in total. The van der Waals surface area contributed by atoms with Crippen LogP contribution in [0, 0.1) is 0 Å². The molecule has 0 N–H and O–H groups in total. The van der Waals surface area contributed by atoms with Crippen molar-refractivity contribution in [2.45, 2.75) is 58.3 Å². The predicted octanol–water partition coefficient (Wildman–Crippen LogP) is 4.62. The molecule has 0 aliphatic carbocycles. The van der Waals surface area contributed by atoms with Crippen molar-refractivity contribution in [1.29, 1.82) is 0 Å². The molecule has 106 valence electrons. The van der Waals surface area contributed by atoms with Gasteiger partial charge in [0.15, 0.2) is 0 Å². The highest BCUT2D eigenvalue weighted by Crippen LogP contribution is 2.49. The standard InChI is InChI=1S/C13H30O3S/c1-5-6-7-8-9-10-11-12-13-17(14-2,15-3)16-4/h5-13H2,1-4H3. The summed E-state index contributed by atoms with van der Waals surface area (Å²) in [6, 6.07) is 0. The van der Waals surface area contributed by atoms with E-state index < -0.39 is 10.9 Å². The van der Waals surface area contributed by atoms with E-state index in [2.05, 4.69) is 6.92 Å². The van der Waals surface area contributed by atoms with E-state index in [0.29, 0.717) is 0 Å². The highest BCUT2D eigenvalue weighted by atomic mass is 32.3. The minimum absolute atomic E-state index is 0.880. The van der Waals surface area contributed by atoms with Gasteiger partial charge < -0.3 is 0 Å². The van der Waals surface area contributed by atoms with E-state index in [-0.39, 0.29) is 0 Å². The molecule has 0 unspecified atom stereocenters. The first-order chi connectivity index (χ1) is 8.24. The summed E-state index contributed by atoms with van der Waals surface area (Å²) in [4.78, 5) is 0. The van der Waals surface area contributed by atoms with Crippen LogP contribution in [0.25, 0.3) is 0 Å². The minimum atomic E-state index is -1.71. The fourth-order valence-electron chi connectivity index (χ4n) is 1.87. The maximum absolute atomic E-state index is 5.33. The Morgan fingerprint density at radius 1 is 0.647 bits per heavy atom. The van der Waals surface area contributed by atoms with Crippen LogP contribution in [0.1, 0.15) is 58.3 Å². The van der Waals surface area contributed by atoms with Gasteiger partial charge in [0.2, 0.25) is 0 Å². The second-order valence-corrected chi connectivity index (χ2v) is 6.76. The molecule has 0 saturated heterocycles. The third kappa shape index (κ3) is 8.03. The zero-order chi connectivity index (χ0) is 13.0. The molecule has 17 heavy (non-hydrogen) atoms. The SMILES string of the molecule is CCCCCCCCCCS(OC)(OC)OC. The third-order valence-electron chi connectivity index (χ3n) is 3.01. The molecule has 0 amide bonds. The van der Waals surface area contributed by atoms with Gasteiger partial charge in [-0.3, -0.25) is 12.5 Å². The van der Waals surface area contributed by atoms with Crippen LogP contribution in [0.4, 0.5) is 0 Å². The predicted molar refractivity (Wildman–Crippen MR) is 76.1 cm³/mol. The highest BCUT2D eigenvalue weighted by Gasteiger charge is 2.21. The second kappa shape index (κ2) is 11.3. The molecule has 0 spiro atoms. The molecule has 0 aliphatic heterocycles. The molecule has 0 aromatic rings. The van der Waals surface area contributed by atoms with Gasteiger partial charge in [-0.15, -0.1) is 0 Å². The van der Waals surface area contributed by atoms with Gasteiger partial charge in [-0.2, -0.15) is 0 Å². The fourth-order valence-corrected chi connectivity index (χ4v) is 3.33. The fraction of sp³-hybridized carbons (Fsp3) is 1.00. The van der Waals surface area contributed by atoms with Crippen LogP contribution < -0.4 is 0 Å². The van der Waals surface area contributed by atoms with Crippen molar-refractivity contribution < 1.29 is 12.5 Å². The Bertz CT molecular complexity index is 152. The minimum Gasteiger partial charge on any atom is -0.296 e. The Balaban J connectivity index is 3.43. The van der Waals surface area contributed by atoms with Gasteiger partial charge in [0, 0.05) is 5.75 Å². The Morgan fingerprint density at radius 2 is 1.06 bits per heavy atom. The molecule has 4 heteroatoms. The van der Waals surface area contributed by atoms with Crippen molar-refractivity contribution in [3.63, 3.8) is 0 Å². The maximum atomic E-state index is 5.33. The highest BCUT2D eigenvalue weighted by molar-refractivity contribution is 8.21. The average molecular weight is 266 g/mol. The van der Waals surface area contributed by atoms with Gasteiger partial charge in [-0.05, 0) is 6.42 Å². The van der Waals surface area contributed by atoms with Crippen LogP contribution in [0.2, 0.25) is 0 Å². The summed E-state index contributed by atoms with van der Waals surface area (Å²) in [5, 5.41) is 0. The zero-order valence-electron chi connectivity index (χ0n) is 12.0. The number of unbranched alkanes of at least 4 members (excludes halogenated alkanes) is 7. The summed E-state index contributed by atoms with van der Waals surface area (Å²) in [6.07, 6.45) is 10.5. The second-order valence-electron chi connectivity index (χ2n) is 4.24. The third-order valence-corrected chi connectivity index (χ3v) is 5.32. The Labute approximate surface area is 109 Å². The summed E-state index contributed by atoms with van der Waals surface area (Å²) >= 11 is 0. The normalized spacial score (nSPS) is 12.9. The van der Waals surface area contributed by atoms with Crippen LogP contribution in [-0.2, 0) is 12.5 Å². The van der Waals surface area contributed by atoms with Gasteiger partial charge in [-0.1, -0.05) is 51.9 Å². The van der Waals surface area contributed by atoms with E-state index >= 15 is 0 Å². The Hall–Kier alpha value is 0.230. The summed E-state index contributed by atoms with van der Waals surface area (Å²) in [5.41, 5.74) is 0. The molecule has 0 aromatic heterocycles. The summed E-state index contributed by atoms with van der Waals surface area (Å²) in [5.74, 6) is 0.880. The Kier molecular flexibility index (Phi) is 11.5. The monoisotopic (exact) mass is 266 g/mol. The molecular weight excluding hydrogens is 236 g/mol. The van der Waals surface area contributed by atoms with Crippen molar-refractivity contribution in [3.8, 4) is 0 Å². The molecule has 0 bridgehead atoms. The largest absolute Gasteiger partial charge is 0.296 e. The number of rotatable bonds is 12. The molecule has 0 fully saturated rings. The van der Waals surface area contributed by atoms with Gasteiger partial charge in [0.25, 0.3) is 0 Å². The van der Waals surface area contributed by atoms with Crippen LogP contribution in [0.15, 0.2) is 0 Å². The first-order valence-electron chi connectivity index (χ1n) is 6.72. The van der Waals surface area contributed by atoms with Crippen molar-refractivity contribution in [2.24, 2.45) is 0 Å². The summed E-state index contributed by atoms with van der Waals surface area (Å²) in [7, 11) is 3.27. The van der Waals surface area contributed by atoms with Crippen molar-refractivity contribution in [1.82, 2.24) is 0 Å². The van der Waals surface area contributed by atoms with Crippen molar-refractivity contribution >= 4 is 10.9 Å². The average Bonchev–Trinajstić information content (AvgIpc) is 2.38. The first-order valence-corrected chi connectivity index (χ1v) is 8.30. The zero-order valence-corrected chi connectivity index (χ0v) is 12.8. The molecule has 0 aliphatic rings. The number of hydrogen-bond donors (Lipinski definition) is 0. The molecule has 0 rings (SSSR count). The number of hydrogen-bond acceptors (Lipinski definition) is 3. The van der Waals surface area contributed by atoms with Crippen LogP contribution in [0.5, 0.6) is 0 Å². The van der Waals surface area contributed by atoms with Crippen molar-refractivity contribution in [3.05, 3.63) is 0 Å². The van der Waals surface area contributed by atoms with Gasteiger partial charge >= 0.3 is 0 Å².